The number of rotatable bonds is 2. The summed E-state index contributed by atoms with van der Waals surface area (Å²) in [6.45, 7) is 1.73. The minimum absolute atomic E-state index is 0.190. The molecule has 1 aromatic carbocycles. The average molecular weight is 225 g/mol. The lowest BCUT2D eigenvalue weighted by Crippen LogP contribution is -2.18. The van der Waals surface area contributed by atoms with E-state index in [9.17, 15) is 13.2 Å². The molecule has 0 amide bonds. The van der Waals surface area contributed by atoms with Crippen molar-refractivity contribution in [1.82, 2.24) is 0 Å². The second kappa shape index (κ2) is 4.09. The van der Waals surface area contributed by atoms with Gasteiger partial charge in [-0.05, 0) is 30.2 Å². The largest absolute Gasteiger partial charge is 0.573 e. The number of hydrogen-bond donors (Lipinski definition) is 0. The van der Waals surface area contributed by atoms with E-state index in [0.29, 0.717) is 17.0 Å². The Morgan fingerprint density at radius 2 is 2.00 bits per heavy atom. The first-order chi connectivity index (χ1) is 6.42. The Morgan fingerprint density at radius 1 is 1.36 bits per heavy atom. The molecule has 78 valence electrons. The molecule has 0 saturated heterocycles. The van der Waals surface area contributed by atoms with Crippen LogP contribution >= 0.6 is 11.6 Å². The molecule has 0 aromatic heterocycles. The third-order valence-electron chi connectivity index (χ3n) is 1.63. The van der Waals surface area contributed by atoms with E-state index in [4.69, 9.17) is 11.6 Å². The summed E-state index contributed by atoms with van der Waals surface area (Å²) in [5.74, 6) is -0.190. The highest BCUT2D eigenvalue weighted by Gasteiger charge is 2.31. The smallest absolute Gasteiger partial charge is 0.406 e. The molecule has 1 rings (SSSR count). The predicted molar refractivity (Wildman–Crippen MR) is 47.5 cm³/mol. The van der Waals surface area contributed by atoms with Gasteiger partial charge in [-0.3, -0.25) is 0 Å². The van der Waals surface area contributed by atoms with E-state index in [-0.39, 0.29) is 5.75 Å². The van der Waals surface area contributed by atoms with Crippen LogP contribution < -0.4 is 4.74 Å². The Balaban J connectivity index is 2.97. The van der Waals surface area contributed by atoms with Gasteiger partial charge in [0, 0.05) is 5.02 Å². The van der Waals surface area contributed by atoms with E-state index >= 15 is 0 Å². The van der Waals surface area contributed by atoms with Crippen LogP contribution in [0.2, 0.25) is 5.02 Å². The van der Waals surface area contributed by atoms with Crippen molar-refractivity contribution in [2.24, 2.45) is 0 Å². The molecule has 0 aliphatic heterocycles. The fourth-order valence-electron chi connectivity index (χ4n) is 1.05. The molecule has 0 bridgehead atoms. The highest BCUT2D eigenvalue weighted by atomic mass is 35.5. The van der Waals surface area contributed by atoms with E-state index in [1.165, 1.54) is 18.2 Å². The minimum atomic E-state index is -4.66. The first-order valence-electron chi connectivity index (χ1n) is 3.96. The van der Waals surface area contributed by atoms with Crippen LogP contribution in [0.4, 0.5) is 13.2 Å². The molecule has 0 N–H and O–H groups in total. The van der Waals surface area contributed by atoms with E-state index in [2.05, 4.69) is 4.74 Å². The molecule has 0 saturated carbocycles. The zero-order valence-electron chi connectivity index (χ0n) is 7.36. The predicted octanol–water partition coefficient (Wildman–Crippen LogP) is 3.80. The summed E-state index contributed by atoms with van der Waals surface area (Å²) in [7, 11) is 0. The third-order valence-corrected chi connectivity index (χ3v) is 1.86. The topological polar surface area (TPSA) is 9.23 Å². The van der Waals surface area contributed by atoms with Crippen LogP contribution in [0.3, 0.4) is 0 Å². The molecular weight excluding hydrogens is 217 g/mol. The summed E-state index contributed by atoms with van der Waals surface area (Å²) in [6.07, 6.45) is -4.22. The molecule has 1 nitrogen and oxygen atoms in total. The molecule has 0 atom stereocenters. The van der Waals surface area contributed by atoms with Crippen LogP contribution in [0.25, 0.3) is 0 Å². The van der Waals surface area contributed by atoms with Gasteiger partial charge in [-0.1, -0.05) is 18.5 Å². The van der Waals surface area contributed by atoms with Gasteiger partial charge in [0.05, 0.1) is 0 Å². The second-order valence-electron chi connectivity index (χ2n) is 2.65. The van der Waals surface area contributed by atoms with Crippen molar-refractivity contribution in [2.45, 2.75) is 19.7 Å². The van der Waals surface area contributed by atoms with Gasteiger partial charge in [0.2, 0.25) is 0 Å². The Bertz CT molecular complexity index is 322. The maximum atomic E-state index is 11.9. The molecule has 0 aliphatic carbocycles. The summed E-state index contributed by atoms with van der Waals surface area (Å²) in [6, 6.07) is 4.04. The third kappa shape index (κ3) is 3.10. The van der Waals surface area contributed by atoms with Crippen LogP contribution in [0.5, 0.6) is 5.75 Å². The Morgan fingerprint density at radius 3 is 2.50 bits per heavy atom. The first kappa shape index (κ1) is 11.2. The maximum Gasteiger partial charge on any atom is 0.573 e. The molecule has 14 heavy (non-hydrogen) atoms. The first-order valence-corrected chi connectivity index (χ1v) is 4.34. The van der Waals surface area contributed by atoms with Gasteiger partial charge in [-0.15, -0.1) is 13.2 Å². The Labute approximate surface area is 84.4 Å². The SMILES string of the molecule is CCc1cc(Cl)ccc1OC(F)(F)F. The standard InChI is InChI=1S/C9H8ClF3O/c1-2-6-5-7(10)3-4-8(6)14-9(11,12)13/h3-5H,2H2,1H3. The maximum absolute atomic E-state index is 11.9. The quantitative estimate of drug-likeness (QED) is 0.743. The van der Waals surface area contributed by atoms with Crippen LogP contribution in [0, 0.1) is 0 Å². The number of benzene rings is 1. The zero-order valence-corrected chi connectivity index (χ0v) is 8.12. The highest BCUT2D eigenvalue weighted by Crippen LogP contribution is 2.28. The van der Waals surface area contributed by atoms with Gasteiger partial charge >= 0.3 is 6.36 Å². The van der Waals surface area contributed by atoms with Crippen molar-refractivity contribution in [3.63, 3.8) is 0 Å². The fraction of sp³-hybridized carbons (Fsp3) is 0.333. The highest BCUT2D eigenvalue weighted by molar-refractivity contribution is 6.30. The summed E-state index contributed by atoms with van der Waals surface area (Å²) in [4.78, 5) is 0. The van der Waals surface area contributed by atoms with Crippen molar-refractivity contribution in [2.75, 3.05) is 0 Å². The van der Waals surface area contributed by atoms with Gasteiger partial charge in [0.1, 0.15) is 5.75 Å². The van der Waals surface area contributed by atoms with Crippen LogP contribution in [0.1, 0.15) is 12.5 Å². The molecular formula is C9H8ClF3O. The van der Waals surface area contributed by atoms with Gasteiger partial charge in [-0.2, -0.15) is 0 Å². The summed E-state index contributed by atoms with van der Waals surface area (Å²) in [5.41, 5.74) is 0.440. The zero-order chi connectivity index (χ0) is 10.8. The molecule has 0 aliphatic rings. The lowest BCUT2D eigenvalue weighted by molar-refractivity contribution is -0.274. The van der Waals surface area contributed by atoms with Crippen molar-refractivity contribution in [1.29, 1.82) is 0 Å². The van der Waals surface area contributed by atoms with E-state index in [0.717, 1.165) is 0 Å². The normalized spacial score (nSPS) is 11.5. The molecule has 0 heterocycles. The van der Waals surface area contributed by atoms with Gasteiger partial charge in [-0.25, -0.2) is 0 Å². The minimum Gasteiger partial charge on any atom is -0.406 e. The Hall–Kier alpha value is -0.900. The van der Waals surface area contributed by atoms with E-state index < -0.39 is 6.36 Å². The molecule has 0 unspecified atom stereocenters. The molecule has 0 fully saturated rings. The fourth-order valence-corrected chi connectivity index (χ4v) is 1.24. The van der Waals surface area contributed by atoms with Gasteiger partial charge in [0.15, 0.2) is 0 Å². The van der Waals surface area contributed by atoms with Crippen molar-refractivity contribution in [3.8, 4) is 5.75 Å². The summed E-state index contributed by atoms with van der Waals surface area (Å²) < 4.78 is 39.5. The van der Waals surface area contributed by atoms with Crippen LogP contribution in [-0.2, 0) is 6.42 Å². The monoisotopic (exact) mass is 224 g/mol. The summed E-state index contributed by atoms with van der Waals surface area (Å²) in [5, 5.41) is 0.399. The van der Waals surface area contributed by atoms with Gasteiger partial charge < -0.3 is 4.74 Å². The lowest BCUT2D eigenvalue weighted by atomic mass is 10.1. The van der Waals surface area contributed by atoms with Crippen molar-refractivity contribution < 1.29 is 17.9 Å². The van der Waals surface area contributed by atoms with Gasteiger partial charge in [0.25, 0.3) is 0 Å². The number of alkyl halides is 3. The number of hydrogen-bond acceptors (Lipinski definition) is 1. The van der Waals surface area contributed by atoms with Crippen molar-refractivity contribution >= 4 is 11.6 Å². The summed E-state index contributed by atoms with van der Waals surface area (Å²) >= 11 is 5.63. The van der Waals surface area contributed by atoms with Crippen molar-refractivity contribution in [3.05, 3.63) is 28.8 Å². The lowest BCUT2D eigenvalue weighted by Gasteiger charge is -2.12. The molecule has 5 heteroatoms. The molecule has 0 spiro atoms. The number of aryl methyl sites for hydroxylation is 1. The number of halogens is 4. The van der Waals surface area contributed by atoms with E-state index in [1.54, 1.807) is 6.92 Å². The number of ether oxygens (including phenoxy) is 1. The second-order valence-corrected chi connectivity index (χ2v) is 3.09. The average Bonchev–Trinajstić information content (AvgIpc) is 2.06. The van der Waals surface area contributed by atoms with Crippen LogP contribution in [0.15, 0.2) is 18.2 Å². The Kier molecular flexibility index (Phi) is 3.26. The van der Waals surface area contributed by atoms with Crippen LogP contribution in [-0.4, -0.2) is 6.36 Å². The molecule has 0 radical (unpaired) electrons. The molecule has 1 aromatic rings. The van der Waals surface area contributed by atoms with E-state index in [1.807, 2.05) is 0 Å².